The normalized spacial score (nSPS) is 25.0. The van der Waals surface area contributed by atoms with Crippen LogP contribution in [0.5, 0.6) is 0 Å². The van der Waals surface area contributed by atoms with Crippen LogP contribution in [-0.4, -0.2) is 43.3 Å². The third-order valence-corrected chi connectivity index (χ3v) is 4.08. The zero-order valence-electron chi connectivity index (χ0n) is 13.3. The van der Waals surface area contributed by atoms with Gasteiger partial charge in [-0.1, -0.05) is 25.1 Å². The Hall–Kier alpha value is -0.970. The Morgan fingerprint density at radius 3 is 2.86 bits per heavy atom. The molecule has 1 aromatic carbocycles. The lowest BCUT2D eigenvalue weighted by Gasteiger charge is -2.39. The molecule has 1 aliphatic heterocycles. The summed E-state index contributed by atoms with van der Waals surface area (Å²) in [6.45, 7) is 9.76. The van der Waals surface area contributed by atoms with Crippen molar-refractivity contribution in [3.63, 3.8) is 0 Å². The van der Waals surface area contributed by atoms with Crippen LogP contribution in [-0.2, 0) is 4.74 Å². The molecule has 1 N–H and O–H groups in total. The van der Waals surface area contributed by atoms with E-state index in [-0.39, 0.29) is 18.0 Å². The second-order valence-corrected chi connectivity index (χ2v) is 5.98. The molecule has 118 valence electrons. The number of halogens is 1. The van der Waals surface area contributed by atoms with Gasteiger partial charge < -0.3 is 10.1 Å². The molecule has 3 atom stereocenters. The van der Waals surface area contributed by atoms with Crippen LogP contribution < -0.4 is 5.32 Å². The van der Waals surface area contributed by atoms with Crippen LogP contribution in [0.3, 0.4) is 0 Å². The van der Waals surface area contributed by atoms with E-state index < -0.39 is 0 Å². The van der Waals surface area contributed by atoms with Crippen molar-refractivity contribution in [1.29, 1.82) is 0 Å². The first-order valence-corrected chi connectivity index (χ1v) is 7.95. The van der Waals surface area contributed by atoms with Crippen molar-refractivity contribution in [3.8, 4) is 0 Å². The van der Waals surface area contributed by atoms with Crippen LogP contribution >= 0.6 is 0 Å². The molecule has 3 nitrogen and oxygen atoms in total. The van der Waals surface area contributed by atoms with Crippen molar-refractivity contribution >= 4 is 0 Å². The van der Waals surface area contributed by atoms with Gasteiger partial charge in [0.15, 0.2) is 0 Å². The van der Waals surface area contributed by atoms with Gasteiger partial charge in [0.1, 0.15) is 5.82 Å². The van der Waals surface area contributed by atoms with Crippen molar-refractivity contribution in [1.82, 2.24) is 10.2 Å². The van der Waals surface area contributed by atoms with Crippen LogP contribution in [0.25, 0.3) is 0 Å². The molecule has 1 saturated heterocycles. The zero-order valence-corrected chi connectivity index (χ0v) is 13.3. The van der Waals surface area contributed by atoms with Gasteiger partial charge in [-0.15, -0.1) is 0 Å². The highest BCUT2D eigenvalue weighted by Gasteiger charge is 2.27. The fourth-order valence-corrected chi connectivity index (χ4v) is 2.81. The number of nitrogens with zero attached hydrogens (tertiary/aromatic N) is 1. The minimum absolute atomic E-state index is 0.0268. The smallest absolute Gasteiger partial charge is 0.128 e. The molecule has 3 unspecified atom stereocenters. The van der Waals surface area contributed by atoms with E-state index >= 15 is 0 Å². The quantitative estimate of drug-likeness (QED) is 0.873. The summed E-state index contributed by atoms with van der Waals surface area (Å²) in [6.07, 6.45) is 1.29. The second-order valence-electron chi connectivity index (χ2n) is 5.98. The molecule has 1 aliphatic rings. The molecule has 0 saturated carbocycles. The van der Waals surface area contributed by atoms with Gasteiger partial charge in [0.05, 0.1) is 12.7 Å². The van der Waals surface area contributed by atoms with E-state index in [1.54, 1.807) is 12.1 Å². The Balaban J connectivity index is 2.10. The third kappa shape index (κ3) is 4.50. The van der Waals surface area contributed by atoms with Gasteiger partial charge in [0, 0.05) is 30.7 Å². The average Bonchev–Trinajstić information content (AvgIpc) is 2.48. The first-order chi connectivity index (χ1) is 10.1. The predicted molar refractivity (Wildman–Crippen MR) is 83.9 cm³/mol. The van der Waals surface area contributed by atoms with Gasteiger partial charge >= 0.3 is 0 Å². The molecule has 0 amide bonds. The molecular weight excluding hydrogens is 267 g/mol. The van der Waals surface area contributed by atoms with Gasteiger partial charge in [-0.05, 0) is 32.9 Å². The zero-order chi connectivity index (χ0) is 15.2. The molecule has 2 rings (SSSR count). The van der Waals surface area contributed by atoms with Gasteiger partial charge in [-0.2, -0.15) is 0 Å². The summed E-state index contributed by atoms with van der Waals surface area (Å²) in [5.74, 6) is -0.125. The monoisotopic (exact) mass is 294 g/mol. The largest absolute Gasteiger partial charge is 0.376 e. The fraction of sp³-hybridized carbons (Fsp3) is 0.647. The van der Waals surface area contributed by atoms with Crippen LogP contribution in [0.4, 0.5) is 4.39 Å². The van der Waals surface area contributed by atoms with Crippen molar-refractivity contribution < 1.29 is 9.13 Å². The van der Waals surface area contributed by atoms with E-state index in [9.17, 15) is 4.39 Å². The average molecular weight is 294 g/mol. The van der Waals surface area contributed by atoms with E-state index in [1.807, 2.05) is 12.1 Å². The van der Waals surface area contributed by atoms with E-state index in [0.717, 1.165) is 38.2 Å². The molecule has 1 aromatic rings. The summed E-state index contributed by atoms with van der Waals surface area (Å²) < 4.78 is 19.8. The Morgan fingerprint density at radius 2 is 2.14 bits per heavy atom. The molecule has 0 spiro atoms. The number of nitrogens with one attached hydrogen (secondary N) is 1. The van der Waals surface area contributed by atoms with Gasteiger partial charge in [-0.25, -0.2) is 4.39 Å². The molecule has 1 fully saturated rings. The standard InChI is InChI=1S/C17H27FN2O/c1-4-9-19-17(15-7-5-6-8-16(15)18)11-20-10-14(3)21-12-13(20)2/h5-8,13-14,17,19H,4,9-12H2,1-3H3. The molecule has 0 radical (unpaired) electrons. The molecular formula is C17H27FN2O. The first-order valence-electron chi connectivity index (χ1n) is 7.95. The van der Waals surface area contributed by atoms with Crippen LogP contribution in [0.15, 0.2) is 24.3 Å². The van der Waals surface area contributed by atoms with Crippen LogP contribution in [0.2, 0.25) is 0 Å². The van der Waals surface area contributed by atoms with Crippen LogP contribution in [0, 0.1) is 5.82 Å². The Kier molecular flexibility index (Phi) is 6.15. The maximum Gasteiger partial charge on any atom is 0.128 e. The molecule has 0 aromatic heterocycles. The van der Waals surface area contributed by atoms with Crippen molar-refractivity contribution in [2.45, 2.75) is 45.4 Å². The number of hydrogen-bond acceptors (Lipinski definition) is 3. The van der Waals surface area contributed by atoms with E-state index in [4.69, 9.17) is 4.74 Å². The van der Waals surface area contributed by atoms with Gasteiger partial charge in [-0.3, -0.25) is 4.90 Å². The number of morpholine rings is 1. The summed E-state index contributed by atoms with van der Waals surface area (Å²) >= 11 is 0. The molecule has 21 heavy (non-hydrogen) atoms. The lowest BCUT2D eigenvalue weighted by atomic mass is 10.0. The topological polar surface area (TPSA) is 24.5 Å². The van der Waals surface area contributed by atoms with Crippen molar-refractivity contribution in [2.75, 3.05) is 26.2 Å². The van der Waals surface area contributed by atoms with E-state index in [0.29, 0.717) is 6.04 Å². The highest BCUT2D eigenvalue weighted by Crippen LogP contribution is 2.21. The first kappa shape index (κ1) is 16.4. The Bertz CT molecular complexity index is 441. The summed E-state index contributed by atoms with van der Waals surface area (Å²) in [7, 11) is 0. The fourth-order valence-electron chi connectivity index (χ4n) is 2.81. The van der Waals surface area contributed by atoms with Crippen molar-refractivity contribution in [3.05, 3.63) is 35.6 Å². The molecule has 0 bridgehead atoms. The van der Waals surface area contributed by atoms with E-state index in [2.05, 4.69) is 31.0 Å². The van der Waals surface area contributed by atoms with E-state index in [1.165, 1.54) is 0 Å². The summed E-state index contributed by atoms with van der Waals surface area (Å²) in [5, 5.41) is 3.49. The summed E-state index contributed by atoms with van der Waals surface area (Å²) in [5.41, 5.74) is 0.761. The number of ether oxygens (including phenoxy) is 1. The Labute approximate surface area is 127 Å². The number of hydrogen-bond donors (Lipinski definition) is 1. The lowest BCUT2D eigenvalue weighted by Crippen LogP contribution is -2.50. The lowest BCUT2D eigenvalue weighted by molar-refractivity contribution is -0.0522. The maximum atomic E-state index is 14.1. The minimum Gasteiger partial charge on any atom is -0.376 e. The third-order valence-electron chi connectivity index (χ3n) is 4.08. The molecule has 0 aliphatic carbocycles. The maximum absolute atomic E-state index is 14.1. The SMILES string of the molecule is CCCNC(CN1CC(C)OCC1C)c1ccccc1F. The van der Waals surface area contributed by atoms with Crippen LogP contribution in [0.1, 0.15) is 38.8 Å². The van der Waals surface area contributed by atoms with Gasteiger partial charge in [0.2, 0.25) is 0 Å². The molecule has 4 heteroatoms. The second kappa shape index (κ2) is 7.87. The highest BCUT2D eigenvalue weighted by molar-refractivity contribution is 5.21. The Morgan fingerprint density at radius 1 is 1.38 bits per heavy atom. The van der Waals surface area contributed by atoms with Gasteiger partial charge in [0.25, 0.3) is 0 Å². The number of rotatable bonds is 6. The number of benzene rings is 1. The van der Waals surface area contributed by atoms with Crippen molar-refractivity contribution in [2.24, 2.45) is 0 Å². The predicted octanol–water partition coefficient (Wildman–Crippen LogP) is 2.98. The highest BCUT2D eigenvalue weighted by atomic mass is 19.1. The molecule has 1 heterocycles. The minimum atomic E-state index is -0.125. The summed E-state index contributed by atoms with van der Waals surface area (Å²) in [6, 6.07) is 7.48. The summed E-state index contributed by atoms with van der Waals surface area (Å²) in [4.78, 5) is 2.40.